The first-order valence-electron chi connectivity index (χ1n) is 6.46. The highest BCUT2D eigenvalue weighted by Gasteiger charge is 2.09. The molecule has 6 nitrogen and oxygen atoms in total. The molecule has 0 saturated heterocycles. The summed E-state index contributed by atoms with van der Waals surface area (Å²) in [6.45, 7) is 3.69. The highest BCUT2D eigenvalue weighted by Crippen LogP contribution is 2.22. The fourth-order valence-corrected chi connectivity index (χ4v) is 2.26. The third-order valence-corrected chi connectivity index (χ3v) is 3.23. The van der Waals surface area contributed by atoms with Crippen LogP contribution in [0.5, 0.6) is 0 Å². The Kier molecular flexibility index (Phi) is 3.06. The number of aromatic carboxylic acids is 1. The summed E-state index contributed by atoms with van der Waals surface area (Å²) < 4.78 is 1.75. The van der Waals surface area contributed by atoms with E-state index in [2.05, 4.69) is 15.4 Å². The van der Waals surface area contributed by atoms with Crippen molar-refractivity contribution in [2.45, 2.75) is 13.8 Å². The molecule has 106 valence electrons. The molecular weight excluding hydrogens is 268 g/mol. The quantitative estimate of drug-likeness (QED) is 0.772. The summed E-state index contributed by atoms with van der Waals surface area (Å²) in [7, 11) is 0. The van der Waals surface area contributed by atoms with Gasteiger partial charge in [0.05, 0.1) is 11.3 Å². The van der Waals surface area contributed by atoms with Crippen molar-refractivity contribution < 1.29 is 9.90 Å². The molecule has 0 aliphatic heterocycles. The molecule has 0 spiro atoms. The summed E-state index contributed by atoms with van der Waals surface area (Å²) in [6.07, 6.45) is 3.45. The van der Waals surface area contributed by atoms with Gasteiger partial charge in [0.15, 0.2) is 5.82 Å². The van der Waals surface area contributed by atoms with Crippen molar-refractivity contribution in [2.75, 3.05) is 5.32 Å². The van der Waals surface area contributed by atoms with Crippen LogP contribution in [0.1, 0.15) is 21.6 Å². The predicted molar refractivity (Wildman–Crippen MR) is 79.1 cm³/mol. The lowest BCUT2D eigenvalue weighted by molar-refractivity contribution is 0.0696. The third kappa shape index (κ3) is 2.43. The standard InChI is InChI=1S/C15H14N4O2/c1-9-7-11(3-4-12(9)15(20)21)17-14-13-8-10(2)18-19(13)6-5-16-14/h3-8H,1-2H3,(H,16,17)(H,20,21). The van der Waals surface area contributed by atoms with Crippen molar-refractivity contribution in [3.05, 3.63) is 53.5 Å². The van der Waals surface area contributed by atoms with Crippen molar-refractivity contribution in [1.29, 1.82) is 0 Å². The van der Waals surface area contributed by atoms with Crippen LogP contribution in [-0.2, 0) is 0 Å². The Balaban J connectivity index is 1.99. The molecular formula is C15H14N4O2. The first-order chi connectivity index (χ1) is 10.0. The predicted octanol–water partition coefficient (Wildman–Crippen LogP) is 2.79. The molecule has 0 amide bonds. The summed E-state index contributed by atoms with van der Waals surface area (Å²) in [5.74, 6) is -0.244. The zero-order valence-corrected chi connectivity index (χ0v) is 11.7. The average molecular weight is 282 g/mol. The van der Waals surface area contributed by atoms with E-state index in [0.29, 0.717) is 16.9 Å². The maximum atomic E-state index is 11.0. The van der Waals surface area contributed by atoms with Gasteiger partial charge in [0.1, 0.15) is 5.52 Å². The molecule has 3 rings (SSSR count). The number of fused-ring (bicyclic) bond motifs is 1. The van der Waals surface area contributed by atoms with Crippen molar-refractivity contribution in [3.63, 3.8) is 0 Å². The van der Waals surface area contributed by atoms with Gasteiger partial charge in [0.25, 0.3) is 0 Å². The van der Waals surface area contributed by atoms with Crippen LogP contribution in [0, 0.1) is 13.8 Å². The molecule has 0 saturated carbocycles. The minimum absolute atomic E-state index is 0.298. The lowest BCUT2D eigenvalue weighted by atomic mass is 10.1. The molecule has 0 aliphatic rings. The lowest BCUT2D eigenvalue weighted by Gasteiger charge is -2.09. The molecule has 0 bridgehead atoms. The largest absolute Gasteiger partial charge is 0.478 e. The minimum Gasteiger partial charge on any atom is -0.478 e. The second-order valence-electron chi connectivity index (χ2n) is 4.85. The van der Waals surface area contributed by atoms with E-state index >= 15 is 0 Å². The van der Waals surface area contributed by atoms with Crippen molar-refractivity contribution in [1.82, 2.24) is 14.6 Å². The molecule has 6 heteroatoms. The van der Waals surface area contributed by atoms with Crippen LogP contribution in [0.3, 0.4) is 0 Å². The summed E-state index contributed by atoms with van der Waals surface area (Å²) in [5.41, 5.74) is 3.56. The fraction of sp³-hybridized carbons (Fsp3) is 0.133. The number of benzene rings is 1. The highest BCUT2D eigenvalue weighted by molar-refractivity contribution is 5.90. The normalized spacial score (nSPS) is 10.8. The highest BCUT2D eigenvalue weighted by atomic mass is 16.4. The van der Waals surface area contributed by atoms with E-state index in [1.807, 2.05) is 13.0 Å². The zero-order chi connectivity index (χ0) is 15.0. The number of nitrogens with zero attached hydrogens (tertiary/aromatic N) is 3. The number of hydrogen-bond acceptors (Lipinski definition) is 4. The fourth-order valence-electron chi connectivity index (χ4n) is 2.26. The number of carboxylic acid groups (broad SMARTS) is 1. The number of nitrogens with one attached hydrogen (secondary N) is 1. The number of aryl methyl sites for hydroxylation is 2. The molecule has 0 atom stereocenters. The molecule has 3 aromatic rings. The smallest absolute Gasteiger partial charge is 0.335 e. The van der Waals surface area contributed by atoms with Crippen LogP contribution in [0.15, 0.2) is 36.7 Å². The Morgan fingerprint density at radius 2 is 2.10 bits per heavy atom. The maximum absolute atomic E-state index is 11.0. The summed E-state index contributed by atoms with van der Waals surface area (Å²) >= 11 is 0. The second-order valence-corrected chi connectivity index (χ2v) is 4.85. The molecule has 1 aromatic carbocycles. The molecule has 0 unspecified atom stereocenters. The van der Waals surface area contributed by atoms with Gasteiger partial charge in [-0.05, 0) is 43.7 Å². The maximum Gasteiger partial charge on any atom is 0.335 e. The summed E-state index contributed by atoms with van der Waals surface area (Å²) in [4.78, 5) is 15.3. The molecule has 0 aliphatic carbocycles. The van der Waals surface area contributed by atoms with Crippen LogP contribution < -0.4 is 5.32 Å². The Bertz CT molecular complexity index is 839. The monoisotopic (exact) mass is 282 g/mol. The van der Waals surface area contributed by atoms with Crippen molar-refractivity contribution in [2.24, 2.45) is 0 Å². The topological polar surface area (TPSA) is 79.5 Å². The molecule has 0 radical (unpaired) electrons. The molecule has 21 heavy (non-hydrogen) atoms. The van der Waals surface area contributed by atoms with Gasteiger partial charge in [0.2, 0.25) is 0 Å². The van der Waals surface area contributed by atoms with Crippen molar-refractivity contribution >= 4 is 23.0 Å². The minimum atomic E-state index is -0.925. The van der Waals surface area contributed by atoms with E-state index in [1.165, 1.54) is 0 Å². The Labute approximate surface area is 121 Å². The summed E-state index contributed by atoms with van der Waals surface area (Å²) in [5, 5.41) is 16.6. The number of carboxylic acids is 1. The van der Waals surface area contributed by atoms with Crippen LogP contribution in [0.25, 0.3) is 5.52 Å². The number of aromatic nitrogens is 3. The first-order valence-corrected chi connectivity index (χ1v) is 6.46. The van der Waals surface area contributed by atoms with Gasteiger partial charge in [-0.2, -0.15) is 5.10 Å². The van der Waals surface area contributed by atoms with Crippen LogP contribution >= 0.6 is 0 Å². The number of rotatable bonds is 3. The van der Waals surface area contributed by atoms with E-state index in [0.717, 1.165) is 16.9 Å². The van der Waals surface area contributed by atoms with Gasteiger partial charge in [-0.15, -0.1) is 0 Å². The molecule has 2 aromatic heterocycles. The number of carbonyl (C=O) groups is 1. The Morgan fingerprint density at radius 1 is 1.29 bits per heavy atom. The average Bonchev–Trinajstić information content (AvgIpc) is 2.80. The van der Waals surface area contributed by atoms with Gasteiger partial charge in [-0.25, -0.2) is 14.3 Å². The van der Waals surface area contributed by atoms with Crippen LogP contribution in [0.2, 0.25) is 0 Å². The SMILES string of the molecule is Cc1cc2c(Nc3ccc(C(=O)O)c(C)c3)nccn2n1. The second kappa shape index (κ2) is 4.90. The van der Waals surface area contributed by atoms with Gasteiger partial charge in [-0.3, -0.25) is 0 Å². The van der Waals surface area contributed by atoms with Gasteiger partial charge in [0, 0.05) is 18.1 Å². The Morgan fingerprint density at radius 3 is 2.81 bits per heavy atom. The van der Waals surface area contributed by atoms with E-state index in [9.17, 15) is 4.79 Å². The van der Waals surface area contributed by atoms with E-state index in [1.54, 1.807) is 42.0 Å². The van der Waals surface area contributed by atoms with Crippen molar-refractivity contribution in [3.8, 4) is 0 Å². The molecule has 0 fully saturated rings. The van der Waals surface area contributed by atoms with Gasteiger partial charge < -0.3 is 10.4 Å². The van der Waals surface area contributed by atoms with E-state index in [-0.39, 0.29) is 0 Å². The zero-order valence-electron chi connectivity index (χ0n) is 11.7. The van der Waals surface area contributed by atoms with E-state index < -0.39 is 5.97 Å². The van der Waals surface area contributed by atoms with Crippen LogP contribution in [-0.4, -0.2) is 25.7 Å². The number of hydrogen-bond donors (Lipinski definition) is 2. The summed E-state index contributed by atoms with van der Waals surface area (Å²) in [6, 6.07) is 7.04. The third-order valence-electron chi connectivity index (χ3n) is 3.23. The number of anilines is 2. The lowest BCUT2D eigenvalue weighted by Crippen LogP contribution is -2.02. The van der Waals surface area contributed by atoms with Gasteiger partial charge >= 0.3 is 5.97 Å². The van der Waals surface area contributed by atoms with Gasteiger partial charge in [-0.1, -0.05) is 0 Å². The molecule has 2 heterocycles. The Hall–Kier alpha value is -2.89. The first kappa shape index (κ1) is 13.1. The van der Waals surface area contributed by atoms with E-state index in [4.69, 9.17) is 5.11 Å². The van der Waals surface area contributed by atoms with Crippen LogP contribution in [0.4, 0.5) is 11.5 Å². The molecule has 2 N–H and O–H groups in total.